The highest BCUT2D eigenvalue weighted by Gasteiger charge is 2.26. The Labute approximate surface area is 139 Å². The average Bonchev–Trinajstić information content (AvgIpc) is 2.90. The zero-order valence-electron chi connectivity index (χ0n) is 12.9. The van der Waals surface area contributed by atoms with Gasteiger partial charge in [-0.2, -0.15) is 0 Å². The largest absolute Gasteiger partial charge is 0.490 e. The lowest BCUT2D eigenvalue weighted by atomic mass is 10.2. The molecule has 1 N–H and O–H groups in total. The Morgan fingerprint density at radius 1 is 1.38 bits per heavy atom. The summed E-state index contributed by atoms with van der Waals surface area (Å²) in [5.74, 6) is -1.88. The van der Waals surface area contributed by atoms with Crippen LogP contribution in [0, 0.1) is 12.7 Å². The average molecular weight is 348 g/mol. The molecule has 0 saturated carbocycles. The minimum absolute atomic E-state index is 0.0345. The molecule has 124 valence electrons. The van der Waals surface area contributed by atoms with Gasteiger partial charge < -0.3 is 9.84 Å². The van der Waals surface area contributed by atoms with Crippen LogP contribution in [0.2, 0.25) is 0 Å². The van der Waals surface area contributed by atoms with Crippen molar-refractivity contribution in [3.63, 3.8) is 0 Å². The summed E-state index contributed by atoms with van der Waals surface area (Å²) in [4.78, 5) is 29.2. The molecule has 2 aromatic heterocycles. The van der Waals surface area contributed by atoms with Crippen LogP contribution in [0.4, 0.5) is 4.39 Å². The summed E-state index contributed by atoms with van der Waals surface area (Å²) in [5, 5.41) is 10.1. The number of carboxylic acids is 1. The highest BCUT2D eigenvalue weighted by atomic mass is 32.1. The Hall–Kier alpha value is -2.74. The number of benzene rings is 1. The lowest BCUT2D eigenvalue weighted by molar-refractivity contribution is 0.0690. The number of thiazole rings is 1. The van der Waals surface area contributed by atoms with Gasteiger partial charge in [0.05, 0.1) is 17.3 Å². The fourth-order valence-corrected chi connectivity index (χ4v) is 3.36. The molecule has 0 amide bonds. The molecule has 0 aliphatic carbocycles. The summed E-state index contributed by atoms with van der Waals surface area (Å²) in [6, 6.07) is 5.24. The molecule has 0 aliphatic heterocycles. The van der Waals surface area contributed by atoms with Gasteiger partial charge in [0.25, 0.3) is 5.56 Å². The van der Waals surface area contributed by atoms with Crippen LogP contribution in [0.5, 0.6) is 5.75 Å². The van der Waals surface area contributed by atoms with Crippen molar-refractivity contribution >= 4 is 27.7 Å². The standard InChI is InChI=1S/C16H13FN2O4S/c1-3-23-13-11(16(21)22)14(20)19(10-6-4-9(17)5-7-10)15-12(13)18-8(2)24-15/h4-7H,3H2,1-2H3,(H,21,22). The highest BCUT2D eigenvalue weighted by molar-refractivity contribution is 7.18. The lowest BCUT2D eigenvalue weighted by Crippen LogP contribution is -2.26. The number of pyridine rings is 1. The van der Waals surface area contributed by atoms with E-state index in [0.717, 1.165) is 0 Å². The number of nitrogens with zero attached hydrogens (tertiary/aromatic N) is 2. The Bertz CT molecular complexity index is 992. The number of ether oxygens (including phenoxy) is 1. The Morgan fingerprint density at radius 2 is 2.04 bits per heavy atom. The first-order valence-electron chi connectivity index (χ1n) is 7.12. The van der Waals surface area contributed by atoms with E-state index in [-0.39, 0.29) is 12.4 Å². The third kappa shape index (κ3) is 2.54. The van der Waals surface area contributed by atoms with Crippen LogP contribution in [0.15, 0.2) is 29.1 Å². The molecule has 1 aromatic carbocycles. The molecule has 3 rings (SSSR count). The molecule has 8 heteroatoms. The summed E-state index contributed by atoms with van der Waals surface area (Å²) < 4.78 is 19.8. The third-order valence-electron chi connectivity index (χ3n) is 3.37. The number of aryl methyl sites for hydroxylation is 1. The van der Waals surface area contributed by atoms with Crippen molar-refractivity contribution in [2.75, 3.05) is 6.61 Å². The lowest BCUT2D eigenvalue weighted by Gasteiger charge is -2.13. The van der Waals surface area contributed by atoms with Crippen LogP contribution >= 0.6 is 11.3 Å². The second-order valence-electron chi connectivity index (χ2n) is 4.95. The summed E-state index contributed by atoms with van der Waals surface area (Å²) in [5.41, 5.74) is -0.561. The normalized spacial score (nSPS) is 11.0. The molecule has 0 fully saturated rings. The second-order valence-corrected chi connectivity index (χ2v) is 6.13. The van der Waals surface area contributed by atoms with E-state index in [9.17, 15) is 19.1 Å². The first-order valence-corrected chi connectivity index (χ1v) is 7.93. The van der Waals surface area contributed by atoms with Gasteiger partial charge in [-0.1, -0.05) is 0 Å². The van der Waals surface area contributed by atoms with E-state index in [1.54, 1.807) is 13.8 Å². The Balaban J connectivity index is 2.47. The molecular formula is C16H13FN2O4S. The van der Waals surface area contributed by atoms with Crippen LogP contribution in [0.1, 0.15) is 22.3 Å². The number of aromatic carboxylic acids is 1. The maximum Gasteiger partial charge on any atom is 0.345 e. The SMILES string of the molecule is CCOc1c(C(=O)O)c(=O)n(-c2ccc(F)cc2)c2sc(C)nc12. The van der Waals surface area contributed by atoms with Crippen LogP contribution < -0.4 is 10.3 Å². The second kappa shape index (κ2) is 6.04. The van der Waals surface area contributed by atoms with Gasteiger partial charge in [0.15, 0.2) is 11.3 Å². The van der Waals surface area contributed by atoms with Crippen molar-refractivity contribution in [3.05, 3.63) is 51.0 Å². The third-order valence-corrected chi connectivity index (χ3v) is 4.32. The van der Waals surface area contributed by atoms with E-state index in [0.29, 0.717) is 21.0 Å². The van der Waals surface area contributed by atoms with E-state index in [2.05, 4.69) is 4.98 Å². The number of hydrogen-bond acceptors (Lipinski definition) is 5. The predicted molar refractivity (Wildman–Crippen MR) is 88.0 cm³/mol. The van der Waals surface area contributed by atoms with Crippen molar-refractivity contribution in [2.45, 2.75) is 13.8 Å². The van der Waals surface area contributed by atoms with Crippen LogP contribution in [0.3, 0.4) is 0 Å². The summed E-state index contributed by atoms with van der Waals surface area (Å²) in [7, 11) is 0. The number of carbonyl (C=O) groups is 1. The van der Waals surface area contributed by atoms with Crippen molar-refractivity contribution in [2.24, 2.45) is 0 Å². The number of halogens is 1. The van der Waals surface area contributed by atoms with E-state index in [1.165, 1.54) is 40.2 Å². The predicted octanol–water partition coefficient (Wildman–Crippen LogP) is 2.99. The molecule has 3 aromatic rings. The molecule has 0 spiro atoms. The Morgan fingerprint density at radius 3 is 2.62 bits per heavy atom. The van der Waals surface area contributed by atoms with Crippen LogP contribution in [-0.2, 0) is 0 Å². The molecule has 0 saturated heterocycles. The minimum atomic E-state index is -1.40. The molecule has 0 radical (unpaired) electrons. The summed E-state index contributed by atoms with van der Waals surface area (Å²) in [6.07, 6.45) is 0. The maximum atomic E-state index is 13.2. The molecule has 0 aliphatic rings. The molecular weight excluding hydrogens is 335 g/mol. The zero-order valence-corrected chi connectivity index (χ0v) is 13.7. The van der Waals surface area contributed by atoms with Crippen molar-refractivity contribution in [1.29, 1.82) is 0 Å². The fourth-order valence-electron chi connectivity index (χ4n) is 2.43. The van der Waals surface area contributed by atoms with Crippen molar-refractivity contribution in [3.8, 4) is 11.4 Å². The van der Waals surface area contributed by atoms with Gasteiger partial charge in [-0.25, -0.2) is 14.2 Å². The zero-order chi connectivity index (χ0) is 17.4. The van der Waals surface area contributed by atoms with Crippen LogP contribution in [0.25, 0.3) is 16.0 Å². The van der Waals surface area contributed by atoms with E-state index < -0.39 is 22.9 Å². The minimum Gasteiger partial charge on any atom is -0.490 e. The number of rotatable bonds is 4. The monoisotopic (exact) mass is 348 g/mol. The molecule has 6 nitrogen and oxygen atoms in total. The van der Waals surface area contributed by atoms with E-state index in [4.69, 9.17) is 4.74 Å². The van der Waals surface area contributed by atoms with Gasteiger partial charge in [0.2, 0.25) is 0 Å². The van der Waals surface area contributed by atoms with Gasteiger partial charge in [-0.3, -0.25) is 9.36 Å². The van der Waals surface area contributed by atoms with E-state index in [1.807, 2.05) is 0 Å². The number of hydrogen-bond donors (Lipinski definition) is 1. The summed E-state index contributed by atoms with van der Waals surface area (Å²) in [6.45, 7) is 3.65. The number of carboxylic acid groups (broad SMARTS) is 1. The smallest absolute Gasteiger partial charge is 0.345 e. The van der Waals surface area contributed by atoms with Crippen LogP contribution in [-0.4, -0.2) is 27.2 Å². The Kier molecular flexibility index (Phi) is 4.06. The summed E-state index contributed by atoms with van der Waals surface area (Å²) >= 11 is 1.24. The number of fused-ring (bicyclic) bond motifs is 1. The molecule has 0 bridgehead atoms. The van der Waals surface area contributed by atoms with Gasteiger partial charge in [-0.05, 0) is 38.1 Å². The molecule has 0 atom stereocenters. The topological polar surface area (TPSA) is 81.4 Å². The first kappa shape index (κ1) is 16.1. The van der Waals surface area contributed by atoms with Gasteiger partial charge in [0, 0.05) is 0 Å². The molecule has 24 heavy (non-hydrogen) atoms. The quantitative estimate of drug-likeness (QED) is 0.784. The van der Waals surface area contributed by atoms with Gasteiger partial charge >= 0.3 is 5.97 Å². The number of aromatic nitrogens is 2. The highest BCUT2D eigenvalue weighted by Crippen LogP contribution is 2.32. The fraction of sp³-hybridized carbons (Fsp3) is 0.188. The maximum absolute atomic E-state index is 13.2. The van der Waals surface area contributed by atoms with E-state index >= 15 is 0 Å². The van der Waals surface area contributed by atoms with Gasteiger partial charge in [0.1, 0.15) is 16.2 Å². The van der Waals surface area contributed by atoms with Crippen molar-refractivity contribution < 1.29 is 19.0 Å². The first-order chi connectivity index (χ1) is 11.4. The van der Waals surface area contributed by atoms with Gasteiger partial charge in [-0.15, -0.1) is 11.3 Å². The van der Waals surface area contributed by atoms with Crippen molar-refractivity contribution in [1.82, 2.24) is 9.55 Å². The molecule has 2 heterocycles. The molecule has 0 unspecified atom stereocenters.